The number of para-hydroxylation sites is 1. The molecule has 0 spiro atoms. The van der Waals surface area contributed by atoms with Crippen LogP contribution < -0.4 is 11.4 Å². The fourth-order valence-corrected chi connectivity index (χ4v) is 3.06. The van der Waals surface area contributed by atoms with E-state index in [0.29, 0.717) is 5.56 Å². The van der Waals surface area contributed by atoms with Crippen molar-refractivity contribution in [1.29, 1.82) is 0 Å². The molecule has 3 aromatic rings. The summed E-state index contributed by atoms with van der Waals surface area (Å²) in [5.74, 6) is 0. The molecule has 0 amide bonds. The summed E-state index contributed by atoms with van der Waals surface area (Å²) in [6, 6.07) is 16.2. The molecular weight excluding hydrogens is 361 g/mol. The van der Waals surface area contributed by atoms with Crippen molar-refractivity contribution in [2.24, 2.45) is 4.99 Å². The lowest BCUT2D eigenvalue weighted by molar-refractivity contribution is -0.0626. The van der Waals surface area contributed by atoms with E-state index in [2.05, 4.69) is 4.99 Å². The number of rotatable bonds is 2. The van der Waals surface area contributed by atoms with E-state index < -0.39 is 36.0 Å². The Kier molecular flexibility index (Phi) is 3.87. The largest absolute Gasteiger partial charge is 0.431 e. The van der Waals surface area contributed by atoms with Crippen molar-refractivity contribution < 1.29 is 13.2 Å². The number of aromatic nitrogens is 3. The maximum absolute atomic E-state index is 13.3. The minimum atomic E-state index is -4.71. The van der Waals surface area contributed by atoms with E-state index in [4.69, 9.17) is 0 Å². The van der Waals surface area contributed by atoms with E-state index in [9.17, 15) is 22.8 Å². The Morgan fingerprint density at radius 2 is 1.48 bits per heavy atom. The number of alkyl halides is 3. The molecule has 0 saturated heterocycles. The van der Waals surface area contributed by atoms with Gasteiger partial charge in [0.1, 0.15) is 5.71 Å². The molecule has 0 aliphatic carbocycles. The van der Waals surface area contributed by atoms with E-state index in [1.165, 1.54) is 0 Å². The summed E-state index contributed by atoms with van der Waals surface area (Å²) in [7, 11) is 0. The van der Waals surface area contributed by atoms with Gasteiger partial charge in [-0.3, -0.25) is 4.99 Å². The Labute approximate surface area is 150 Å². The van der Waals surface area contributed by atoms with Crippen molar-refractivity contribution in [2.75, 3.05) is 0 Å². The first-order valence-electron chi connectivity index (χ1n) is 8.06. The van der Waals surface area contributed by atoms with E-state index in [1.54, 1.807) is 60.7 Å². The minimum Gasteiger partial charge on any atom is -0.251 e. The standard InChI is InChI=1S/C18H13F3N4O2/c19-18(20,21)14-11-23-16(26)24(13-9-5-2-6-10-13)17(27)25(23)15(22-14)12-7-3-1-4-8-12/h1-10,15H,11H2. The van der Waals surface area contributed by atoms with Gasteiger partial charge >= 0.3 is 17.6 Å². The molecule has 4 rings (SSSR count). The van der Waals surface area contributed by atoms with Gasteiger partial charge in [0, 0.05) is 0 Å². The third-order valence-corrected chi connectivity index (χ3v) is 4.31. The number of hydrogen-bond donors (Lipinski definition) is 0. The highest BCUT2D eigenvalue weighted by Gasteiger charge is 2.41. The first kappa shape index (κ1) is 17.1. The van der Waals surface area contributed by atoms with Crippen molar-refractivity contribution in [3.63, 3.8) is 0 Å². The number of aliphatic imine (C=N–C) groups is 1. The zero-order valence-corrected chi connectivity index (χ0v) is 13.8. The molecule has 0 bridgehead atoms. The van der Waals surface area contributed by atoms with Crippen molar-refractivity contribution in [3.05, 3.63) is 87.2 Å². The molecule has 0 saturated carbocycles. The smallest absolute Gasteiger partial charge is 0.251 e. The van der Waals surface area contributed by atoms with Crippen molar-refractivity contribution in [1.82, 2.24) is 13.9 Å². The molecule has 1 atom stereocenters. The van der Waals surface area contributed by atoms with Crippen LogP contribution >= 0.6 is 0 Å². The second-order valence-corrected chi connectivity index (χ2v) is 6.00. The minimum absolute atomic E-state index is 0.280. The monoisotopic (exact) mass is 374 g/mol. The van der Waals surface area contributed by atoms with Gasteiger partial charge in [0.05, 0.1) is 12.2 Å². The number of fused-ring (bicyclic) bond motifs is 1. The molecule has 0 fully saturated rings. The molecule has 27 heavy (non-hydrogen) atoms. The summed E-state index contributed by atoms with van der Waals surface area (Å²) in [4.78, 5) is 29.5. The zero-order valence-electron chi connectivity index (χ0n) is 13.8. The van der Waals surface area contributed by atoms with Crippen LogP contribution in [0.4, 0.5) is 13.2 Å². The van der Waals surface area contributed by atoms with Gasteiger partial charge in [-0.15, -0.1) is 0 Å². The van der Waals surface area contributed by atoms with Gasteiger partial charge in [0.15, 0.2) is 6.17 Å². The molecule has 2 aromatic carbocycles. The fourth-order valence-electron chi connectivity index (χ4n) is 3.06. The normalized spacial score (nSPS) is 16.7. The van der Waals surface area contributed by atoms with Crippen LogP contribution in [-0.2, 0) is 6.54 Å². The summed E-state index contributed by atoms with van der Waals surface area (Å²) in [6.07, 6.45) is -5.98. The number of halogens is 3. The summed E-state index contributed by atoms with van der Waals surface area (Å²) < 4.78 is 42.7. The Hall–Kier alpha value is -3.36. The number of benzene rings is 2. The predicted molar refractivity (Wildman–Crippen MR) is 92.4 cm³/mol. The molecular formula is C18H13F3N4O2. The topological polar surface area (TPSA) is 61.3 Å². The summed E-state index contributed by atoms with van der Waals surface area (Å²) in [6.45, 7) is -0.819. The Balaban J connectivity index is 1.99. The van der Waals surface area contributed by atoms with Gasteiger partial charge < -0.3 is 0 Å². The quantitative estimate of drug-likeness (QED) is 0.691. The summed E-state index contributed by atoms with van der Waals surface area (Å²) >= 11 is 0. The van der Waals surface area contributed by atoms with Crippen molar-refractivity contribution >= 4 is 5.71 Å². The Morgan fingerprint density at radius 1 is 0.889 bits per heavy atom. The lowest BCUT2D eigenvalue weighted by Crippen LogP contribution is -2.41. The Morgan fingerprint density at radius 3 is 2.07 bits per heavy atom. The molecule has 6 nitrogen and oxygen atoms in total. The molecule has 2 heterocycles. The molecule has 0 N–H and O–H groups in total. The third-order valence-electron chi connectivity index (χ3n) is 4.31. The fraction of sp³-hybridized carbons (Fsp3) is 0.167. The first-order valence-corrected chi connectivity index (χ1v) is 8.06. The molecule has 1 aliphatic rings. The van der Waals surface area contributed by atoms with Gasteiger partial charge in [-0.25, -0.2) is 23.5 Å². The van der Waals surface area contributed by atoms with Crippen LogP contribution in [0, 0.1) is 0 Å². The average molecular weight is 374 g/mol. The van der Waals surface area contributed by atoms with Crippen LogP contribution in [0.5, 0.6) is 0 Å². The lowest BCUT2D eigenvalue weighted by Gasteiger charge is -2.25. The lowest BCUT2D eigenvalue weighted by atomic mass is 10.1. The van der Waals surface area contributed by atoms with Gasteiger partial charge in [0.25, 0.3) is 0 Å². The maximum Gasteiger partial charge on any atom is 0.431 e. The van der Waals surface area contributed by atoms with Gasteiger partial charge in [-0.05, 0) is 17.7 Å². The highest BCUT2D eigenvalue weighted by atomic mass is 19.4. The molecule has 138 valence electrons. The van der Waals surface area contributed by atoms with E-state index >= 15 is 0 Å². The van der Waals surface area contributed by atoms with E-state index in [1.807, 2.05) is 0 Å². The van der Waals surface area contributed by atoms with Crippen molar-refractivity contribution in [3.8, 4) is 5.69 Å². The second-order valence-electron chi connectivity index (χ2n) is 6.00. The molecule has 1 unspecified atom stereocenters. The van der Waals surface area contributed by atoms with Crippen molar-refractivity contribution in [2.45, 2.75) is 18.9 Å². The van der Waals surface area contributed by atoms with Gasteiger partial charge in [0.2, 0.25) is 0 Å². The highest BCUT2D eigenvalue weighted by Crippen LogP contribution is 2.27. The molecule has 1 aliphatic heterocycles. The van der Waals surface area contributed by atoms with E-state index in [-0.39, 0.29) is 5.69 Å². The number of hydrogen-bond acceptors (Lipinski definition) is 3. The third kappa shape index (κ3) is 2.80. The molecule has 0 radical (unpaired) electrons. The van der Waals surface area contributed by atoms with Crippen LogP contribution in [0.3, 0.4) is 0 Å². The zero-order chi connectivity index (χ0) is 19.2. The van der Waals surface area contributed by atoms with E-state index in [0.717, 1.165) is 13.9 Å². The molecule has 1 aromatic heterocycles. The first-order chi connectivity index (χ1) is 12.9. The van der Waals surface area contributed by atoms with Gasteiger partial charge in [-0.2, -0.15) is 13.2 Å². The summed E-state index contributed by atoms with van der Waals surface area (Å²) in [5, 5.41) is 0. The van der Waals surface area contributed by atoms with Crippen LogP contribution in [0.1, 0.15) is 11.7 Å². The maximum atomic E-state index is 13.3. The number of nitrogens with zero attached hydrogens (tertiary/aromatic N) is 4. The Bertz CT molecular complexity index is 1130. The van der Waals surface area contributed by atoms with Crippen LogP contribution in [0.25, 0.3) is 5.69 Å². The second kappa shape index (κ2) is 6.11. The van der Waals surface area contributed by atoms with Crippen LogP contribution in [-0.4, -0.2) is 25.8 Å². The SMILES string of the molecule is O=c1n(-c2ccccc2)c(=O)n2n1CC(C(F)(F)F)=NC2c1ccccc1. The van der Waals surface area contributed by atoms with Gasteiger partial charge in [-0.1, -0.05) is 48.5 Å². The average Bonchev–Trinajstić information content (AvgIpc) is 2.92. The van der Waals surface area contributed by atoms with Crippen LogP contribution in [0.2, 0.25) is 0 Å². The summed E-state index contributed by atoms with van der Waals surface area (Å²) in [5.41, 5.74) is -2.04. The molecule has 9 heteroatoms. The van der Waals surface area contributed by atoms with Crippen LogP contribution in [0.15, 0.2) is 75.2 Å². The predicted octanol–water partition coefficient (Wildman–Crippen LogP) is 2.36. The highest BCUT2D eigenvalue weighted by molar-refractivity contribution is 5.90.